The van der Waals surface area contributed by atoms with Crippen molar-refractivity contribution in [2.75, 3.05) is 13.2 Å². The van der Waals surface area contributed by atoms with Gasteiger partial charge in [0.2, 0.25) is 5.91 Å². The van der Waals surface area contributed by atoms with Crippen molar-refractivity contribution in [3.8, 4) is 0 Å². The van der Waals surface area contributed by atoms with Crippen molar-refractivity contribution in [3.63, 3.8) is 0 Å². The summed E-state index contributed by atoms with van der Waals surface area (Å²) in [6.07, 6.45) is 4.12. The van der Waals surface area contributed by atoms with Gasteiger partial charge in [-0.15, -0.1) is 0 Å². The second-order valence-electron chi connectivity index (χ2n) is 5.70. The summed E-state index contributed by atoms with van der Waals surface area (Å²) >= 11 is 0. The summed E-state index contributed by atoms with van der Waals surface area (Å²) in [5.74, 6) is 0.419. The standard InChI is InChI=1S/C12H21NO2/c1-12(2)5-3-4-10(12)13-7-9(8-14)6-11(13)15/h9-10,14H,3-8H2,1-2H3. The molecule has 1 amide bonds. The highest BCUT2D eigenvalue weighted by Gasteiger charge is 2.43. The lowest BCUT2D eigenvalue weighted by atomic mass is 9.86. The van der Waals surface area contributed by atoms with Crippen LogP contribution < -0.4 is 0 Å². The summed E-state index contributed by atoms with van der Waals surface area (Å²) in [6, 6.07) is 0.404. The first kappa shape index (κ1) is 10.9. The van der Waals surface area contributed by atoms with Crippen LogP contribution in [0, 0.1) is 11.3 Å². The normalized spacial score (nSPS) is 35.1. The van der Waals surface area contributed by atoms with Crippen LogP contribution in [0.15, 0.2) is 0 Å². The van der Waals surface area contributed by atoms with Crippen molar-refractivity contribution in [1.82, 2.24) is 4.90 Å². The molecule has 2 rings (SSSR count). The molecule has 2 fully saturated rings. The Bertz CT molecular complexity index is 262. The van der Waals surface area contributed by atoms with Gasteiger partial charge in [-0.1, -0.05) is 20.3 Å². The minimum Gasteiger partial charge on any atom is -0.396 e. The predicted molar refractivity (Wildman–Crippen MR) is 58.3 cm³/mol. The minimum absolute atomic E-state index is 0.148. The third-order valence-corrected chi connectivity index (χ3v) is 4.07. The summed E-state index contributed by atoms with van der Waals surface area (Å²) in [5.41, 5.74) is 0.264. The number of amides is 1. The second kappa shape index (κ2) is 3.78. The molecular weight excluding hydrogens is 190 g/mol. The largest absolute Gasteiger partial charge is 0.396 e. The molecule has 1 N–H and O–H groups in total. The van der Waals surface area contributed by atoms with E-state index in [1.807, 2.05) is 4.90 Å². The molecule has 86 valence electrons. The highest BCUT2D eigenvalue weighted by molar-refractivity contribution is 5.79. The van der Waals surface area contributed by atoms with E-state index < -0.39 is 0 Å². The Hall–Kier alpha value is -0.570. The zero-order chi connectivity index (χ0) is 11.1. The average Bonchev–Trinajstić information content (AvgIpc) is 2.68. The van der Waals surface area contributed by atoms with E-state index in [2.05, 4.69) is 13.8 Å². The maximum absolute atomic E-state index is 11.8. The van der Waals surface area contributed by atoms with Gasteiger partial charge in [0.15, 0.2) is 0 Å². The molecule has 2 atom stereocenters. The predicted octanol–water partition coefficient (Wildman–Crippen LogP) is 1.41. The van der Waals surface area contributed by atoms with Gasteiger partial charge in [0.05, 0.1) is 0 Å². The minimum atomic E-state index is 0.148. The molecule has 1 heterocycles. The molecule has 2 unspecified atom stereocenters. The van der Waals surface area contributed by atoms with Gasteiger partial charge in [-0.05, 0) is 18.3 Å². The first-order chi connectivity index (χ1) is 7.04. The summed E-state index contributed by atoms with van der Waals surface area (Å²) in [7, 11) is 0. The van der Waals surface area contributed by atoms with Crippen LogP contribution in [0.25, 0.3) is 0 Å². The smallest absolute Gasteiger partial charge is 0.223 e. The number of likely N-dealkylation sites (tertiary alicyclic amines) is 1. The van der Waals surface area contributed by atoms with Crippen molar-refractivity contribution in [2.24, 2.45) is 11.3 Å². The van der Waals surface area contributed by atoms with E-state index in [4.69, 9.17) is 5.11 Å². The topological polar surface area (TPSA) is 40.5 Å². The lowest BCUT2D eigenvalue weighted by Crippen LogP contribution is -2.43. The molecule has 0 aromatic heterocycles. The van der Waals surface area contributed by atoms with Crippen LogP contribution in [0.4, 0.5) is 0 Å². The van der Waals surface area contributed by atoms with Crippen LogP contribution in [-0.2, 0) is 4.79 Å². The Labute approximate surface area is 91.5 Å². The molecule has 15 heavy (non-hydrogen) atoms. The Morgan fingerprint density at radius 3 is 2.73 bits per heavy atom. The van der Waals surface area contributed by atoms with E-state index in [1.54, 1.807) is 0 Å². The zero-order valence-electron chi connectivity index (χ0n) is 9.70. The van der Waals surface area contributed by atoms with Crippen molar-refractivity contribution >= 4 is 5.91 Å². The lowest BCUT2D eigenvalue weighted by Gasteiger charge is -2.35. The maximum atomic E-state index is 11.8. The Morgan fingerprint density at radius 2 is 2.27 bits per heavy atom. The highest BCUT2D eigenvalue weighted by atomic mass is 16.3. The van der Waals surface area contributed by atoms with Crippen LogP contribution in [0.2, 0.25) is 0 Å². The summed E-state index contributed by atoms with van der Waals surface area (Å²) < 4.78 is 0. The van der Waals surface area contributed by atoms with Gasteiger partial charge in [-0.3, -0.25) is 4.79 Å². The summed E-state index contributed by atoms with van der Waals surface area (Å²) in [4.78, 5) is 13.9. The molecule has 0 aromatic carbocycles. The Morgan fingerprint density at radius 1 is 1.53 bits per heavy atom. The van der Waals surface area contributed by atoms with E-state index in [0.717, 1.165) is 13.0 Å². The third-order valence-electron chi connectivity index (χ3n) is 4.07. The maximum Gasteiger partial charge on any atom is 0.223 e. The molecule has 3 heteroatoms. The van der Waals surface area contributed by atoms with Gasteiger partial charge in [0.1, 0.15) is 0 Å². The Kier molecular flexibility index (Phi) is 2.75. The molecule has 1 saturated heterocycles. The first-order valence-corrected chi connectivity index (χ1v) is 5.95. The van der Waals surface area contributed by atoms with Crippen molar-refractivity contribution in [3.05, 3.63) is 0 Å². The van der Waals surface area contributed by atoms with Crippen molar-refractivity contribution in [1.29, 1.82) is 0 Å². The molecule has 1 aliphatic carbocycles. The lowest BCUT2D eigenvalue weighted by molar-refractivity contribution is -0.131. The number of hydrogen-bond acceptors (Lipinski definition) is 2. The second-order valence-corrected chi connectivity index (χ2v) is 5.70. The number of carbonyl (C=O) groups excluding carboxylic acids is 1. The van der Waals surface area contributed by atoms with Crippen molar-refractivity contribution < 1.29 is 9.90 Å². The van der Waals surface area contributed by atoms with E-state index in [-0.39, 0.29) is 23.8 Å². The van der Waals surface area contributed by atoms with Crippen LogP contribution >= 0.6 is 0 Å². The molecule has 2 aliphatic rings. The van der Waals surface area contributed by atoms with Crippen LogP contribution in [0.1, 0.15) is 39.5 Å². The molecule has 0 radical (unpaired) electrons. The molecule has 0 aromatic rings. The summed E-state index contributed by atoms with van der Waals surface area (Å²) in [6.45, 7) is 5.42. The fourth-order valence-corrected chi connectivity index (χ4v) is 3.12. The van der Waals surface area contributed by atoms with E-state index >= 15 is 0 Å². The molecule has 3 nitrogen and oxygen atoms in total. The molecule has 1 aliphatic heterocycles. The van der Waals surface area contributed by atoms with Crippen LogP contribution in [0.5, 0.6) is 0 Å². The van der Waals surface area contributed by atoms with E-state index in [9.17, 15) is 4.79 Å². The quantitative estimate of drug-likeness (QED) is 0.750. The van der Waals surface area contributed by atoms with E-state index in [1.165, 1.54) is 12.8 Å². The fraction of sp³-hybridized carbons (Fsp3) is 0.917. The van der Waals surface area contributed by atoms with E-state index in [0.29, 0.717) is 12.5 Å². The number of carbonyl (C=O) groups is 1. The summed E-state index contributed by atoms with van der Waals surface area (Å²) in [5, 5.41) is 9.10. The number of nitrogens with zero attached hydrogens (tertiary/aromatic N) is 1. The van der Waals surface area contributed by atoms with Crippen LogP contribution in [-0.4, -0.2) is 35.1 Å². The third kappa shape index (κ3) is 1.89. The fourth-order valence-electron chi connectivity index (χ4n) is 3.12. The molecule has 1 saturated carbocycles. The monoisotopic (exact) mass is 211 g/mol. The van der Waals surface area contributed by atoms with Gasteiger partial charge < -0.3 is 10.0 Å². The van der Waals surface area contributed by atoms with Gasteiger partial charge >= 0.3 is 0 Å². The number of aliphatic hydroxyl groups is 1. The van der Waals surface area contributed by atoms with Gasteiger partial charge in [0.25, 0.3) is 0 Å². The number of aliphatic hydroxyl groups excluding tert-OH is 1. The molecule has 0 spiro atoms. The number of rotatable bonds is 2. The van der Waals surface area contributed by atoms with Crippen molar-refractivity contribution in [2.45, 2.75) is 45.6 Å². The SMILES string of the molecule is CC1(C)CCCC1N1CC(CO)CC1=O. The zero-order valence-corrected chi connectivity index (χ0v) is 9.70. The highest BCUT2D eigenvalue weighted by Crippen LogP contribution is 2.42. The van der Waals surface area contributed by atoms with Gasteiger partial charge in [-0.2, -0.15) is 0 Å². The van der Waals surface area contributed by atoms with Crippen LogP contribution in [0.3, 0.4) is 0 Å². The van der Waals surface area contributed by atoms with Gasteiger partial charge in [-0.25, -0.2) is 0 Å². The molecular formula is C12H21NO2. The molecule has 0 bridgehead atoms. The first-order valence-electron chi connectivity index (χ1n) is 5.95. The average molecular weight is 211 g/mol. The number of hydrogen-bond donors (Lipinski definition) is 1. The Balaban J connectivity index is 2.08. The van der Waals surface area contributed by atoms with Gasteiger partial charge in [0, 0.05) is 31.5 Å².